The van der Waals surface area contributed by atoms with E-state index < -0.39 is 0 Å². The van der Waals surface area contributed by atoms with Crippen LogP contribution in [0.2, 0.25) is 0 Å². The molecule has 0 spiro atoms. The Labute approximate surface area is 125 Å². The minimum atomic E-state index is -0.158. The van der Waals surface area contributed by atoms with Gasteiger partial charge in [-0.1, -0.05) is 0 Å². The molecular weight excluding hydrogens is 324 g/mol. The Kier molecular flexibility index (Phi) is 4.63. The first-order chi connectivity index (χ1) is 9.65. The molecule has 0 bridgehead atoms. The first-order valence-electron chi connectivity index (χ1n) is 5.83. The molecule has 1 aromatic heterocycles. The predicted octanol–water partition coefficient (Wildman–Crippen LogP) is 3.96. The molecule has 2 aromatic rings. The highest BCUT2D eigenvalue weighted by atomic mass is 79.9. The number of rotatable bonds is 5. The van der Waals surface area contributed by atoms with E-state index in [0.717, 1.165) is 0 Å². The van der Waals surface area contributed by atoms with E-state index in [9.17, 15) is 4.79 Å². The van der Waals surface area contributed by atoms with E-state index in [-0.39, 0.29) is 5.78 Å². The van der Waals surface area contributed by atoms with Crippen LogP contribution >= 0.6 is 15.9 Å². The van der Waals surface area contributed by atoms with E-state index in [1.165, 1.54) is 13.2 Å². The van der Waals surface area contributed by atoms with Crippen molar-refractivity contribution in [3.8, 4) is 11.5 Å². The number of carbonyl (C=O) groups excluding carboxylic acids is 1. The van der Waals surface area contributed by atoms with Crippen LogP contribution in [0.1, 0.15) is 16.1 Å². The van der Waals surface area contributed by atoms with Gasteiger partial charge in [-0.25, -0.2) is 0 Å². The molecule has 1 heterocycles. The Bertz CT molecular complexity index is 630. The van der Waals surface area contributed by atoms with E-state index in [2.05, 4.69) is 15.9 Å². The van der Waals surface area contributed by atoms with Crippen LogP contribution in [0.15, 0.2) is 45.5 Å². The van der Waals surface area contributed by atoms with Crippen molar-refractivity contribution in [1.29, 1.82) is 0 Å². The summed E-state index contributed by atoms with van der Waals surface area (Å²) in [6, 6.07) is 6.87. The van der Waals surface area contributed by atoms with Gasteiger partial charge in [0, 0.05) is 10.0 Å². The summed E-state index contributed by atoms with van der Waals surface area (Å²) in [6.45, 7) is 0. The lowest BCUT2D eigenvalue weighted by atomic mass is 10.1. The number of benzene rings is 1. The van der Waals surface area contributed by atoms with Crippen LogP contribution in [-0.2, 0) is 0 Å². The van der Waals surface area contributed by atoms with Crippen LogP contribution in [0, 0.1) is 0 Å². The average Bonchev–Trinajstić information content (AvgIpc) is 2.97. The maximum atomic E-state index is 12.2. The molecule has 0 N–H and O–H groups in total. The van der Waals surface area contributed by atoms with Crippen molar-refractivity contribution in [2.75, 3.05) is 14.2 Å². The minimum Gasteiger partial charge on any atom is -0.493 e. The maximum Gasteiger partial charge on any atom is 0.187 e. The zero-order valence-corrected chi connectivity index (χ0v) is 12.6. The Morgan fingerprint density at radius 2 is 1.95 bits per heavy atom. The van der Waals surface area contributed by atoms with Crippen molar-refractivity contribution >= 4 is 27.8 Å². The lowest BCUT2D eigenvalue weighted by molar-refractivity contribution is 0.104. The molecule has 104 valence electrons. The highest BCUT2D eigenvalue weighted by Gasteiger charge is 2.13. The summed E-state index contributed by atoms with van der Waals surface area (Å²) in [6.07, 6.45) is 4.62. The molecule has 0 atom stereocenters. The maximum absolute atomic E-state index is 12.2. The largest absolute Gasteiger partial charge is 0.493 e. The molecule has 0 aliphatic carbocycles. The van der Waals surface area contributed by atoms with Crippen molar-refractivity contribution in [1.82, 2.24) is 0 Å². The van der Waals surface area contributed by atoms with Crippen molar-refractivity contribution in [2.45, 2.75) is 0 Å². The van der Waals surface area contributed by atoms with Crippen molar-refractivity contribution in [3.05, 3.63) is 52.4 Å². The van der Waals surface area contributed by atoms with E-state index in [1.54, 1.807) is 43.7 Å². The lowest BCUT2D eigenvalue weighted by Gasteiger charge is -2.10. The van der Waals surface area contributed by atoms with Crippen molar-refractivity contribution in [3.63, 3.8) is 0 Å². The lowest BCUT2D eigenvalue weighted by Crippen LogP contribution is -1.99. The number of hydrogen-bond acceptors (Lipinski definition) is 4. The topological polar surface area (TPSA) is 48.7 Å². The molecule has 5 heteroatoms. The van der Waals surface area contributed by atoms with Gasteiger partial charge >= 0.3 is 0 Å². The monoisotopic (exact) mass is 336 g/mol. The number of ketones is 1. The first-order valence-corrected chi connectivity index (χ1v) is 6.62. The molecule has 4 nitrogen and oxygen atoms in total. The Hall–Kier alpha value is -2.01. The van der Waals surface area contributed by atoms with Crippen LogP contribution in [-0.4, -0.2) is 20.0 Å². The molecule has 0 unspecified atom stereocenters. The third kappa shape index (κ3) is 3.11. The summed E-state index contributed by atoms with van der Waals surface area (Å²) in [5.41, 5.74) is 0.491. The summed E-state index contributed by atoms with van der Waals surface area (Å²) in [7, 11) is 3.07. The van der Waals surface area contributed by atoms with E-state index >= 15 is 0 Å². The number of hydrogen-bond donors (Lipinski definition) is 0. The van der Waals surface area contributed by atoms with E-state index in [1.807, 2.05) is 0 Å². The van der Waals surface area contributed by atoms with Crippen molar-refractivity contribution in [2.24, 2.45) is 0 Å². The van der Waals surface area contributed by atoms with Gasteiger partial charge in [-0.3, -0.25) is 4.79 Å². The van der Waals surface area contributed by atoms with Gasteiger partial charge in [0.15, 0.2) is 17.3 Å². The fourth-order valence-corrected chi connectivity index (χ4v) is 2.19. The number of ether oxygens (including phenoxy) is 2. The summed E-state index contributed by atoms with van der Waals surface area (Å²) >= 11 is 3.36. The molecule has 2 rings (SSSR count). The van der Waals surface area contributed by atoms with Crippen LogP contribution in [0.25, 0.3) is 6.08 Å². The third-order valence-electron chi connectivity index (χ3n) is 2.68. The minimum absolute atomic E-state index is 0.158. The van der Waals surface area contributed by atoms with Crippen LogP contribution in [0.4, 0.5) is 0 Å². The highest BCUT2D eigenvalue weighted by Crippen LogP contribution is 2.33. The van der Waals surface area contributed by atoms with E-state index in [4.69, 9.17) is 13.9 Å². The Balaban J connectivity index is 2.30. The van der Waals surface area contributed by atoms with Gasteiger partial charge in [0.1, 0.15) is 5.76 Å². The standard InChI is InChI=1S/C15H13BrO4/c1-18-14-8-11(12(16)9-15(14)19-2)13(17)6-5-10-4-3-7-20-10/h3-9H,1-2H3. The van der Waals surface area contributed by atoms with Gasteiger partial charge in [0.2, 0.25) is 0 Å². The first kappa shape index (κ1) is 14.4. The zero-order valence-electron chi connectivity index (χ0n) is 11.1. The molecular formula is C15H13BrO4. The molecule has 0 radical (unpaired) electrons. The van der Waals surface area contributed by atoms with Gasteiger partial charge in [-0.15, -0.1) is 0 Å². The summed E-state index contributed by atoms with van der Waals surface area (Å²) in [5.74, 6) is 1.53. The summed E-state index contributed by atoms with van der Waals surface area (Å²) in [5, 5.41) is 0. The Morgan fingerprint density at radius 1 is 1.25 bits per heavy atom. The summed E-state index contributed by atoms with van der Waals surface area (Å²) in [4.78, 5) is 12.2. The number of furan rings is 1. The second kappa shape index (κ2) is 6.43. The third-order valence-corrected chi connectivity index (χ3v) is 3.34. The van der Waals surface area contributed by atoms with Gasteiger partial charge in [0.05, 0.1) is 20.5 Å². The molecule has 0 saturated carbocycles. The fraction of sp³-hybridized carbons (Fsp3) is 0.133. The smallest absolute Gasteiger partial charge is 0.187 e. The Morgan fingerprint density at radius 3 is 2.55 bits per heavy atom. The van der Waals surface area contributed by atoms with Gasteiger partial charge < -0.3 is 13.9 Å². The molecule has 0 aliphatic rings. The molecule has 1 aromatic carbocycles. The van der Waals surface area contributed by atoms with Crippen molar-refractivity contribution < 1.29 is 18.7 Å². The summed E-state index contributed by atoms with van der Waals surface area (Å²) < 4.78 is 16.1. The molecule has 20 heavy (non-hydrogen) atoms. The zero-order chi connectivity index (χ0) is 14.5. The van der Waals surface area contributed by atoms with Gasteiger partial charge in [-0.05, 0) is 52.3 Å². The molecule has 0 amide bonds. The van der Waals surface area contributed by atoms with Crippen LogP contribution in [0.5, 0.6) is 11.5 Å². The highest BCUT2D eigenvalue weighted by molar-refractivity contribution is 9.10. The van der Waals surface area contributed by atoms with E-state index in [0.29, 0.717) is 27.3 Å². The van der Waals surface area contributed by atoms with Crippen LogP contribution in [0.3, 0.4) is 0 Å². The number of allylic oxidation sites excluding steroid dienone is 1. The number of halogens is 1. The average molecular weight is 337 g/mol. The fourth-order valence-electron chi connectivity index (χ4n) is 1.68. The quantitative estimate of drug-likeness (QED) is 0.612. The predicted molar refractivity (Wildman–Crippen MR) is 79.3 cm³/mol. The normalized spacial score (nSPS) is 10.8. The molecule has 0 aliphatic heterocycles. The van der Waals surface area contributed by atoms with Gasteiger partial charge in [0.25, 0.3) is 0 Å². The SMILES string of the molecule is COc1cc(Br)c(C(=O)C=Cc2ccco2)cc1OC. The van der Waals surface area contributed by atoms with Crippen LogP contribution < -0.4 is 9.47 Å². The molecule has 0 fully saturated rings. The number of methoxy groups -OCH3 is 2. The molecule has 0 saturated heterocycles. The second-order valence-corrected chi connectivity index (χ2v) is 4.75. The van der Waals surface area contributed by atoms with Gasteiger partial charge in [-0.2, -0.15) is 0 Å². The second-order valence-electron chi connectivity index (χ2n) is 3.90. The number of carbonyl (C=O) groups is 1.